The van der Waals surface area contributed by atoms with Gasteiger partial charge >= 0.3 is 0 Å². The zero-order valence-corrected chi connectivity index (χ0v) is 13.9. The predicted molar refractivity (Wildman–Crippen MR) is 84.5 cm³/mol. The van der Waals surface area contributed by atoms with Gasteiger partial charge in [0.2, 0.25) is 0 Å². The number of aryl methyl sites for hydroxylation is 1. The van der Waals surface area contributed by atoms with Gasteiger partial charge in [-0.05, 0) is 31.2 Å². The predicted octanol–water partition coefficient (Wildman–Crippen LogP) is 2.10. The Hall–Kier alpha value is -1.61. The Kier molecular flexibility index (Phi) is 5.41. The van der Waals surface area contributed by atoms with Gasteiger partial charge in [0.15, 0.2) is 6.61 Å². The minimum absolute atomic E-state index is 0.0113. The summed E-state index contributed by atoms with van der Waals surface area (Å²) in [5, 5.41) is 0. The van der Waals surface area contributed by atoms with Crippen molar-refractivity contribution in [1.29, 1.82) is 0 Å². The molecule has 0 atom stereocenters. The minimum atomic E-state index is -3.83. The van der Waals surface area contributed by atoms with E-state index in [1.807, 2.05) is 23.9 Å². The van der Waals surface area contributed by atoms with E-state index in [4.69, 9.17) is 16.3 Å². The van der Waals surface area contributed by atoms with Crippen molar-refractivity contribution < 1.29 is 17.9 Å². The number of sulfonamides is 1. The summed E-state index contributed by atoms with van der Waals surface area (Å²) in [7, 11) is -3.83. The normalized spacial score (nSPS) is 11.2. The summed E-state index contributed by atoms with van der Waals surface area (Å²) in [4.78, 5) is 13.6. The summed E-state index contributed by atoms with van der Waals surface area (Å²) >= 11 is 6.57. The van der Waals surface area contributed by atoms with Crippen LogP contribution >= 0.6 is 22.9 Å². The number of carbonyl (C=O) groups is 1. The van der Waals surface area contributed by atoms with Crippen LogP contribution < -0.4 is 15.0 Å². The van der Waals surface area contributed by atoms with Gasteiger partial charge in [0.25, 0.3) is 15.9 Å². The SMILES string of the molecule is Cc1ccc(OCC(=O)NNS(=O)(=O)c2ccc(Cl)s2)cc1. The third-order valence-electron chi connectivity index (χ3n) is 2.53. The molecule has 0 spiro atoms. The highest BCUT2D eigenvalue weighted by molar-refractivity contribution is 7.91. The van der Waals surface area contributed by atoms with E-state index in [0.717, 1.165) is 16.9 Å². The molecule has 0 aliphatic heterocycles. The first-order chi connectivity index (χ1) is 10.4. The van der Waals surface area contributed by atoms with Crippen LogP contribution in [0.1, 0.15) is 5.56 Å². The van der Waals surface area contributed by atoms with Gasteiger partial charge in [-0.25, -0.2) is 8.42 Å². The number of hydrogen-bond acceptors (Lipinski definition) is 5. The number of rotatable bonds is 6. The van der Waals surface area contributed by atoms with E-state index in [1.165, 1.54) is 12.1 Å². The maximum atomic E-state index is 11.8. The van der Waals surface area contributed by atoms with E-state index < -0.39 is 15.9 Å². The molecule has 1 heterocycles. The first-order valence-electron chi connectivity index (χ1n) is 6.12. The molecule has 2 aromatic rings. The number of amides is 1. The molecule has 0 unspecified atom stereocenters. The molecule has 6 nitrogen and oxygen atoms in total. The van der Waals surface area contributed by atoms with Crippen molar-refractivity contribution in [2.24, 2.45) is 0 Å². The van der Waals surface area contributed by atoms with Gasteiger partial charge < -0.3 is 4.74 Å². The summed E-state index contributed by atoms with van der Waals surface area (Å²) in [6.45, 7) is 1.62. The summed E-state index contributed by atoms with van der Waals surface area (Å²) in [6.07, 6.45) is 0. The Balaban J connectivity index is 1.83. The Labute approximate surface area is 137 Å². The van der Waals surface area contributed by atoms with Crippen LogP contribution in [0.4, 0.5) is 0 Å². The van der Waals surface area contributed by atoms with Crippen molar-refractivity contribution >= 4 is 38.9 Å². The van der Waals surface area contributed by atoms with Crippen LogP contribution in [0.5, 0.6) is 5.75 Å². The van der Waals surface area contributed by atoms with Gasteiger partial charge in [0, 0.05) is 0 Å². The fraction of sp³-hybridized carbons (Fsp3) is 0.154. The standard InChI is InChI=1S/C13H13ClN2O4S2/c1-9-2-4-10(5-3-9)20-8-12(17)15-16-22(18,19)13-7-6-11(14)21-13/h2-7,16H,8H2,1H3,(H,15,17). The Morgan fingerprint density at radius 1 is 1.23 bits per heavy atom. The number of carbonyl (C=O) groups excluding carboxylic acids is 1. The van der Waals surface area contributed by atoms with E-state index >= 15 is 0 Å². The quantitative estimate of drug-likeness (QED) is 0.772. The number of hydrazine groups is 1. The highest BCUT2D eigenvalue weighted by atomic mass is 35.5. The zero-order valence-electron chi connectivity index (χ0n) is 11.5. The second-order valence-corrected chi connectivity index (χ2v) is 7.94. The molecule has 118 valence electrons. The van der Waals surface area contributed by atoms with Crippen LogP contribution in [-0.2, 0) is 14.8 Å². The van der Waals surface area contributed by atoms with Gasteiger partial charge in [-0.1, -0.05) is 29.3 Å². The Bertz CT molecular complexity index is 757. The fourth-order valence-corrected chi connectivity index (χ4v) is 3.78. The molecule has 1 aromatic carbocycles. The summed E-state index contributed by atoms with van der Waals surface area (Å²) < 4.78 is 29.3. The van der Waals surface area contributed by atoms with Crippen molar-refractivity contribution in [2.45, 2.75) is 11.1 Å². The lowest BCUT2D eigenvalue weighted by Crippen LogP contribution is -2.43. The zero-order chi connectivity index (χ0) is 16.2. The molecule has 22 heavy (non-hydrogen) atoms. The fourth-order valence-electron chi connectivity index (χ4n) is 1.44. The molecule has 0 saturated carbocycles. The third-order valence-corrected chi connectivity index (χ3v) is 5.50. The van der Waals surface area contributed by atoms with E-state index in [-0.39, 0.29) is 10.8 Å². The molecule has 0 aliphatic carbocycles. The Morgan fingerprint density at radius 2 is 1.91 bits per heavy atom. The van der Waals surface area contributed by atoms with Crippen LogP contribution in [0.2, 0.25) is 4.34 Å². The van der Waals surface area contributed by atoms with Crippen LogP contribution in [0.15, 0.2) is 40.6 Å². The van der Waals surface area contributed by atoms with Crippen molar-refractivity contribution in [1.82, 2.24) is 10.3 Å². The van der Waals surface area contributed by atoms with E-state index in [0.29, 0.717) is 10.1 Å². The summed E-state index contributed by atoms with van der Waals surface area (Å²) in [5.41, 5.74) is 3.14. The summed E-state index contributed by atoms with van der Waals surface area (Å²) in [5.74, 6) is -0.0968. The third kappa shape index (κ3) is 4.70. The number of hydrogen-bond donors (Lipinski definition) is 2. The molecule has 2 rings (SSSR count). The van der Waals surface area contributed by atoms with Gasteiger partial charge in [-0.3, -0.25) is 10.2 Å². The largest absolute Gasteiger partial charge is 0.484 e. The monoisotopic (exact) mass is 360 g/mol. The second-order valence-electron chi connectivity index (χ2n) is 4.31. The topological polar surface area (TPSA) is 84.5 Å². The van der Waals surface area contributed by atoms with Gasteiger partial charge in [0.05, 0.1) is 4.34 Å². The number of nitrogens with one attached hydrogen (secondary N) is 2. The van der Waals surface area contributed by atoms with Crippen LogP contribution in [0.3, 0.4) is 0 Å². The molecular weight excluding hydrogens is 348 g/mol. The first-order valence-corrected chi connectivity index (χ1v) is 8.80. The molecule has 2 N–H and O–H groups in total. The number of halogens is 1. The molecule has 0 saturated heterocycles. The van der Waals surface area contributed by atoms with E-state index in [9.17, 15) is 13.2 Å². The lowest BCUT2D eigenvalue weighted by atomic mass is 10.2. The van der Waals surface area contributed by atoms with E-state index in [2.05, 4.69) is 5.43 Å². The van der Waals surface area contributed by atoms with Gasteiger partial charge in [-0.15, -0.1) is 16.2 Å². The van der Waals surface area contributed by atoms with Crippen molar-refractivity contribution in [2.75, 3.05) is 6.61 Å². The summed E-state index contributed by atoms with van der Waals surface area (Å²) in [6, 6.07) is 9.95. The first kappa shape index (κ1) is 16.8. The highest BCUT2D eigenvalue weighted by Crippen LogP contribution is 2.24. The minimum Gasteiger partial charge on any atom is -0.484 e. The molecule has 1 amide bonds. The molecule has 0 aliphatic rings. The van der Waals surface area contributed by atoms with Crippen LogP contribution in [-0.4, -0.2) is 20.9 Å². The van der Waals surface area contributed by atoms with E-state index in [1.54, 1.807) is 12.1 Å². The van der Waals surface area contributed by atoms with Gasteiger partial charge in [0.1, 0.15) is 9.96 Å². The lowest BCUT2D eigenvalue weighted by Gasteiger charge is -2.08. The van der Waals surface area contributed by atoms with Crippen LogP contribution in [0, 0.1) is 6.92 Å². The molecule has 0 bridgehead atoms. The molecule has 9 heteroatoms. The molecule has 0 radical (unpaired) electrons. The average Bonchev–Trinajstić information content (AvgIpc) is 2.92. The number of benzene rings is 1. The highest BCUT2D eigenvalue weighted by Gasteiger charge is 2.17. The molecule has 0 fully saturated rings. The van der Waals surface area contributed by atoms with Gasteiger partial charge in [-0.2, -0.15) is 0 Å². The molecule has 1 aromatic heterocycles. The smallest absolute Gasteiger partial charge is 0.272 e. The maximum Gasteiger partial charge on any atom is 0.272 e. The van der Waals surface area contributed by atoms with Crippen molar-refractivity contribution in [3.05, 3.63) is 46.3 Å². The molecular formula is C13H13ClN2O4S2. The average molecular weight is 361 g/mol. The Morgan fingerprint density at radius 3 is 2.50 bits per heavy atom. The number of ether oxygens (including phenoxy) is 1. The number of thiophene rings is 1. The lowest BCUT2D eigenvalue weighted by molar-refractivity contribution is -0.123. The second kappa shape index (κ2) is 7.10. The maximum absolute atomic E-state index is 11.8. The van der Waals surface area contributed by atoms with Crippen molar-refractivity contribution in [3.63, 3.8) is 0 Å². The van der Waals surface area contributed by atoms with Crippen LogP contribution in [0.25, 0.3) is 0 Å². The van der Waals surface area contributed by atoms with Crippen molar-refractivity contribution in [3.8, 4) is 5.75 Å².